The first-order valence-electron chi connectivity index (χ1n) is 5.81. The summed E-state index contributed by atoms with van der Waals surface area (Å²) in [6.07, 6.45) is 7.13. The monoisotopic (exact) mass is 176 g/mol. The molecule has 2 aliphatic rings. The lowest BCUT2D eigenvalue weighted by atomic mass is 9.31. The molecule has 1 aliphatic carbocycles. The van der Waals surface area contributed by atoms with Crippen molar-refractivity contribution in [2.45, 2.75) is 51.6 Å². The van der Waals surface area contributed by atoms with Crippen LogP contribution < -0.4 is 0 Å². The summed E-state index contributed by atoms with van der Waals surface area (Å²) in [5, 5.41) is 0. The first-order valence-corrected chi connectivity index (χ1v) is 5.81. The molecule has 0 aromatic rings. The lowest BCUT2D eigenvalue weighted by Gasteiger charge is -2.40. The van der Waals surface area contributed by atoms with Crippen LogP contribution in [0.5, 0.6) is 0 Å². The van der Waals surface area contributed by atoms with E-state index in [0.717, 1.165) is 24.4 Å². The SMILES string of the molecule is C=C1CC2CB(C(C)C)CC(C1)C2. The van der Waals surface area contributed by atoms with Gasteiger partial charge in [0.15, 0.2) is 0 Å². The molecule has 1 heterocycles. The minimum atomic E-state index is 0.900. The Bertz CT molecular complexity index is 191. The Morgan fingerprint density at radius 1 is 1.23 bits per heavy atom. The lowest BCUT2D eigenvalue weighted by Crippen LogP contribution is -2.33. The molecule has 0 radical (unpaired) electrons. The highest BCUT2D eigenvalue weighted by Crippen LogP contribution is 2.44. The quantitative estimate of drug-likeness (QED) is 0.420. The molecule has 2 unspecified atom stereocenters. The van der Waals surface area contributed by atoms with E-state index in [1.165, 1.54) is 37.5 Å². The van der Waals surface area contributed by atoms with Crippen LogP contribution in [-0.2, 0) is 0 Å². The van der Waals surface area contributed by atoms with Gasteiger partial charge in [-0.05, 0) is 31.1 Å². The van der Waals surface area contributed by atoms with Gasteiger partial charge in [0.1, 0.15) is 6.71 Å². The highest BCUT2D eigenvalue weighted by atomic mass is 14.3. The average Bonchev–Trinajstić information content (AvgIpc) is 2.01. The molecule has 0 aromatic carbocycles. The highest BCUT2D eigenvalue weighted by Gasteiger charge is 2.35. The van der Waals surface area contributed by atoms with Gasteiger partial charge in [0.2, 0.25) is 0 Å². The molecule has 0 spiro atoms. The van der Waals surface area contributed by atoms with E-state index in [-0.39, 0.29) is 0 Å². The second-order valence-electron chi connectivity index (χ2n) is 5.60. The van der Waals surface area contributed by atoms with E-state index in [4.69, 9.17) is 0 Å². The summed E-state index contributed by atoms with van der Waals surface area (Å²) in [6.45, 7) is 9.96. The van der Waals surface area contributed by atoms with Crippen molar-refractivity contribution in [3.05, 3.63) is 12.2 Å². The number of allylic oxidation sites excluding steroid dienone is 1. The zero-order valence-electron chi connectivity index (χ0n) is 9.05. The molecule has 1 saturated carbocycles. The molecule has 0 amide bonds. The first-order chi connectivity index (χ1) is 6.15. The Morgan fingerprint density at radius 3 is 2.23 bits per heavy atom. The molecule has 0 aromatic heterocycles. The van der Waals surface area contributed by atoms with Crippen molar-refractivity contribution in [1.29, 1.82) is 0 Å². The molecule has 0 nitrogen and oxygen atoms in total. The molecule has 2 rings (SSSR count). The number of fused-ring (bicyclic) bond motifs is 2. The van der Waals surface area contributed by atoms with Crippen LogP contribution in [0, 0.1) is 11.8 Å². The third kappa shape index (κ3) is 2.00. The Kier molecular flexibility index (Phi) is 2.53. The molecule has 2 atom stereocenters. The zero-order chi connectivity index (χ0) is 9.42. The summed E-state index contributed by atoms with van der Waals surface area (Å²) < 4.78 is 0. The maximum absolute atomic E-state index is 4.17. The summed E-state index contributed by atoms with van der Waals surface area (Å²) in [6, 6.07) is 0. The van der Waals surface area contributed by atoms with Gasteiger partial charge in [-0.15, -0.1) is 0 Å². The topological polar surface area (TPSA) is 0 Å². The molecular weight excluding hydrogens is 155 g/mol. The van der Waals surface area contributed by atoms with E-state index in [2.05, 4.69) is 20.4 Å². The Hall–Kier alpha value is -0.195. The summed E-state index contributed by atoms with van der Waals surface area (Å²) in [7, 11) is 0. The Morgan fingerprint density at radius 2 is 1.77 bits per heavy atom. The fraction of sp³-hybridized carbons (Fsp3) is 0.833. The van der Waals surface area contributed by atoms with Crippen LogP contribution in [-0.4, -0.2) is 6.71 Å². The van der Waals surface area contributed by atoms with Gasteiger partial charge in [-0.1, -0.05) is 44.5 Å². The van der Waals surface area contributed by atoms with Crippen LogP contribution >= 0.6 is 0 Å². The van der Waals surface area contributed by atoms with Gasteiger partial charge in [0, 0.05) is 0 Å². The fourth-order valence-electron chi connectivity index (χ4n) is 3.39. The van der Waals surface area contributed by atoms with E-state index in [1.54, 1.807) is 0 Å². The number of hydrogen-bond acceptors (Lipinski definition) is 0. The van der Waals surface area contributed by atoms with Gasteiger partial charge < -0.3 is 0 Å². The molecule has 2 bridgehead atoms. The summed E-state index contributed by atoms with van der Waals surface area (Å²) in [4.78, 5) is 0. The van der Waals surface area contributed by atoms with Crippen LogP contribution in [0.4, 0.5) is 0 Å². The molecular formula is C12H21B. The Labute approximate surface area is 82.9 Å². The van der Waals surface area contributed by atoms with E-state index in [9.17, 15) is 0 Å². The van der Waals surface area contributed by atoms with E-state index >= 15 is 0 Å². The Balaban J connectivity index is 2.01. The molecule has 72 valence electrons. The predicted molar refractivity (Wildman–Crippen MR) is 60.4 cm³/mol. The maximum Gasteiger partial charge on any atom is 0.143 e. The first kappa shape index (κ1) is 9.36. The number of hydrogen-bond donors (Lipinski definition) is 0. The van der Waals surface area contributed by atoms with Crippen molar-refractivity contribution in [2.75, 3.05) is 0 Å². The van der Waals surface area contributed by atoms with E-state index in [1.807, 2.05) is 0 Å². The summed E-state index contributed by atoms with van der Waals surface area (Å²) in [5.74, 6) is 2.89. The smallest absolute Gasteiger partial charge is 0.0998 e. The van der Waals surface area contributed by atoms with Crippen molar-refractivity contribution in [2.24, 2.45) is 11.8 Å². The molecule has 13 heavy (non-hydrogen) atoms. The number of rotatable bonds is 1. The minimum absolute atomic E-state index is 0.900. The standard InChI is InChI=1S/C12H21B/c1-9(2)13-7-11-4-10(3)5-12(6-11)8-13/h9,11-12H,3-8H2,1-2H3. The van der Waals surface area contributed by atoms with E-state index < -0.39 is 0 Å². The van der Waals surface area contributed by atoms with Gasteiger partial charge in [-0.2, -0.15) is 0 Å². The third-order valence-electron chi connectivity index (χ3n) is 4.04. The van der Waals surface area contributed by atoms with Crippen molar-refractivity contribution >= 4 is 6.71 Å². The zero-order valence-corrected chi connectivity index (χ0v) is 9.05. The van der Waals surface area contributed by atoms with Gasteiger partial charge in [0.05, 0.1) is 0 Å². The van der Waals surface area contributed by atoms with Crippen molar-refractivity contribution in [3.63, 3.8) is 0 Å². The third-order valence-corrected chi connectivity index (χ3v) is 4.04. The van der Waals surface area contributed by atoms with E-state index in [0.29, 0.717) is 0 Å². The second kappa shape index (κ2) is 3.51. The van der Waals surface area contributed by atoms with Gasteiger partial charge in [0.25, 0.3) is 0 Å². The molecule has 1 aliphatic heterocycles. The van der Waals surface area contributed by atoms with Gasteiger partial charge in [-0.3, -0.25) is 0 Å². The van der Waals surface area contributed by atoms with Crippen molar-refractivity contribution in [3.8, 4) is 0 Å². The molecule has 2 fully saturated rings. The molecule has 0 N–H and O–H groups in total. The highest BCUT2D eigenvalue weighted by molar-refractivity contribution is 6.60. The minimum Gasteiger partial charge on any atom is -0.0998 e. The maximum atomic E-state index is 4.17. The normalized spacial score (nSPS) is 34.1. The average molecular weight is 176 g/mol. The lowest BCUT2D eigenvalue weighted by molar-refractivity contribution is 0.334. The van der Waals surface area contributed by atoms with Crippen LogP contribution in [0.25, 0.3) is 0 Å². The van der Waals surface area contributed by atoms with Crippen LogP contribution in [0.2, 0.25) is 18.5 Å². The van der Waals surface area contributed by atoms with Gasteiger partial charge in [-0.25, -0.2) is 0 Å². The van der Waals surface area contributed by atoms with Gasteiger partial charge >= 0.3 is 0 Å². The van der Waals surface area contributed by atoms with Crippen LogP contribution in [0.1, 0.15) is 33.1 Å². The molecule has 1 saturated heterocycles. The van der Waals surface area contributed by atoms with Crippen LogP contribution in [0.15, 0.2) is 12.2 Å². The second-order valence-corrected chi connectivity index (χ2v) is 5.60. The predicted octanol–water partition coefficient (Wildman–Crippen LogP) is 3.88. The summed E-state index contributed by atoms with van der Waals surface area (Å²) in [5.41, 5.74) is 1.53. The van der Waals surface area contributed by atoms with Crippen LogP contribution in [0.3, 0.4) is 0 Å². The fourth-order valence-corrected chi connectivity index (χ4v) is 3.39. The van der Waals surface area contributed by atoms with Crippen molar-refractivity contribution in [1.82, 2.24) is 0 Å². The largest absolute Gasteiger partial charge is 0.143 e. The van der Waals surface area contributed by atoms with Crippen molar-refractivity contribution < 1.29 is 0 Å². The molecule has 1 heteroatoms. The summed E-state index contributed by atoms with van der Waals surface area (Å²) >= 11 is 0.